The van der Waals surface area contributed by atoms with Crippen LogP contribution in [-0.2, 0) is 14.4 Å². The number of hydrogen-bond acceptors (Lipinski definition) is 5. The molecule has 0 saturated carbocycles. The molecule has 0 aromatic rings. The lowest BCUT2D eigenvalue weighted by atomic mass is 9.98. The maximum atomic E-state index is 12.5. The molecule has 0 aromatic carbocycles. The SMILES string of the molecule is C=CCN1C(=O)C(=O)N(CC(=O)N(C)C2CC3CCC(C2)N3)C1=O. The topological polar surface area (TPSA) is 90.0 Å². The summed E-state index contributed by atoms with van der Waals surface area (Å²) in [6.07, 6.45) is 5.37. The molecular weight excluding hydrogens is 312 g/mol. The number of imide groups is 2. The van der Waals surface area contributed by atoms with Gasteiger partial charge in [-0.25, -0.2) is 9.69 Å². The molecule has 3 aliphatic heterocycles. The molecule has 3 saturated heterocycles. The van der Waals surface area contributed by atoms with Crippen molar-refractivity contribution in [1.29, 1.82) is 0 Å². The van der Waals surface area contributed by atoms with Crippen LogP contribution in [0.1, 0.15) is 25.7 Å². The fourth-order valence-corrected chi connectivity index (χ4v) is 3.77. The summed E-state index contributed by atoms with van der Waals surface area (Å²) in [4.78, 5) is 51.5. The number of rotatable bonds is 5. The van der Waals surface area contributed by atoms with Gasteiger partial charge in [0.25, 0.3) is 0 Å². The van der Waals surface area contributed by atoms with Gasteiger partial charge in [0.15, 0.2) is 0 Å². The van der Waals surface area contributed by atoms with Crippen LogP contribution in [0.5, 0.6) is 0 Å². The fourth-order valence-electron chi connectivity index (χ4n) is 3.77. The van der Waals surface area contributed by atoms with Gasteiger partial charge in [-0.15, -0.1) is 6.58 Å². The number of nitrogens with zero attached hydrogens (tertiary/aromatic N) is 3. The molecule has 2 atom stereocenters. The number of carbonyl (C=O) groups excluding carboxylic acids is 4. The van der Waals surface area contributed by atoms with Crippen molar-refractivity contribution in [3.05, 3.63) is 12.7 Å². The standard InChI is InChI=1S/C16H22N4O4/c1-3-6-19-14(22)15(23)20(16(19)24)9-13(21)18(2)12-7-10-4-5-11(8-12)17-10/h3,10-12,17H,1,4-9H2,2H3. The highest BCUT2D eigenvalue weighted by molar-refractivity contribution is 6.45. The van der Waals surface area contributed by atoms with E-state index in [1.807, 2.05) is 0 Å². The van der Waals surface area contributed by atoms with Gasteiger partial charge in [0.05, 0.1) is 0 Å². The summed E-state index contributed by atoms with van der Waals surface area (Å²) in [7, 11) is 1.70. The Balaban J connectivity index is 1.63. The van der Waals surface area contributed by atoms with Crippen LogP contribution < -0.4 is 5.32 Å². The summed E-state index contributed by atoms with van der Waals surface area (Å²) < 4.78 is 0. The third kappa shape index (κ3) is 2.82. The molecule has 3 rings (SSSR count). The lowest BCUT2D eigenvalue weighted by molar-refractivity contribution is -0.145. The van der Waals surface area contributed by atoms with Crippen LogP contribution in [0.2, 0.25) is 0 Å². The molecule has 5 amide bonds. The van der Waals surface area contributed by atoms with Gasteiger partial charge < -0.3 is 10.2 Å². The van der Waals surface area contributed by atoms with Crippen LogP contribution in [-0.4, -0.2) is 76.7 Å². The molecule has 3 heterocycles. The number of carbonyl (C=O) groups is 4. The highest BCUT2D eigenvalue weighted by Crippen LogP contribution is 2.29. The Morgan fingerprint density at radius 3 is 2.38 bits per heavy atom. The van der Waals surface area contributed by atoms with Gasteiger partial charge in [-0.3, -0.25) is 19.3 Å². The lowest BCUT2D eigenvalue weighted by Crippen LogP contribution is -2.51. The van der Waals surface area contributed by atoms with Crippen molar-refractivity contribution >= 4 is 23.8 Å². The van der Waals surface area contributed by atoms with Gasteiger partial charge in [-0.05, 0) is 25.7 Å². The smallest absolute Gasteiger partial charge is 0.335 e. The summed E-state index contributed by atoms with van der Waals surface area (Å²) in [5.74, 6) is -2.18. The summed E-state index contributed by atoms with van der Waals surface area (Å²) in [6.45, 7) is 3.02. The van der Waals surface area contributed by atoms with Crippen molar-refractivity contribution < 1.29 is 19.2 Å². The van der Waals surface area contributed by atoms with E-state index in [1.165, 1.54) is 6.08 Å². The van der Waals surface area contributed by atoms with Crippen LogP contribution in [0, 0.1) is 0 Å². The molecule has 0 spiro atoms. The van der Waals surface area contributed by atoms with E-state index < -0.39 is 24.4 Å². The Bertz CT molecular complexity index is 593. The van der Waals surface area contributed by atoms with E-state index >= 15 is 0 Å². The second kappa shape index (κ2) is 6.35. The first-order valence-electron chi connectivity index (χ1n) is 8.22. The summed E-state index contributed by atoms with van der Waals surface area (Å²) in [6, 6.07) is 0.216. The normalized spacial score (nSPS) is 29.4. The van der Waals surface area contributed by atoms with Gasteiger partial charge in [-0.1, -0.05) is 6.08 Å². The van der Waals surface area contributed by atoms with E-state index in [2.05, 4.69) is 11.9 Å². The molecule has 8 nitrogen and oxygen atoms in total. The van der Waals surface area contributed by atoms with Crippen molar-refractivity contribution in [1.82, 2.24) is 20.0 Å². The number of urea groups is 1. The van der Waals surface area contributed by atoms with Crippen LogP contribution >= 0.6 is 0 Å². The highest BCUT2D eigenvalue weighted by atomic mass is 16.2. The number of nitrogens with one attached hydrogen (secondary N) is 1. The number of amides is 5. The van der Waals surface area contributed by atoms with Gasteiger partial charge in [0.2, 0.25) is 5.91 Å². The Morgan fingerprint density at radius 2 is 1.79 bits per heavy atom. The largest absolute Gasteiger partial charge is 0.341 e. The third-order valence-electron chi connectivity index (χ3n) is 5.13. The molecule has 2 bridgehead atoms. The quantitative estimate of drug-likeness (QED) is 0.424. The van der Waals surface area contributed by atoms with E-state index in [4.69, 9.17) is 0 Å². The molecule has 0 aromatic heterocycles. The summed E-state index contributed by atoms with van der Waals surface area (Å²) >= 11 is 0. The Kier molecular flexibility index (Phi) is 4.40. The maximum Gasteiger partial charge on any atom is 0.335 e. The van der Waals surface area contributed by atoms with Crippen LogP contribution in [0.15, 0.2) is 12.7 Å². The molecular formula is C16H22N4O4. The molecule has 24 heavy (non-hydrogen) atoms. The maximum absolute atomic E-state index is 12.5. The minimum absolute atomic E-state index is 0.0401. The minimum atomic E-state index is -0.950. The average Bonchev–Trinajstić information content (AvgIpc) is 3.00. The fraction of sp³-hybridized carbons (Fsp3) is 0.625. The van der Waals surface area contributed by atoms with Crippen LogP contribution in [0.3, 0.4) is 0 Å². The second-order valence-electron chi connectivity index (χ2n) is 6.65. The zero-order valence-corrected chi connectivity index (χ0v) is 13.7. The van der Waals surface area contributed by atoms with E-state index in [1.54, 1.807) is 11.9 Å². The van der Waals surface area contributed by atoms with Crippen molar-refractivity contribution in [2.75, 3.05) is 20.1 Å². The third-order valence-corrected chi connectivity index (χ3v) is 5.13. The highest BCUT2D eigenvalue weighted by Gasteiger charge is 2.45. The lowest BCUT2D eigenvalue weighted by Gasteiger charge is -2.36. The van der Waals surface area contributed by atoms with E-state index in [9.17, 15) is 19.2 Å². The first kappa shape index (κ1) is 16.6. The monoisotopic (exact) mass is 334 g/mol. The zero-order valence-electron chi connectivity index (χ0n) is 13.7. The van der Waals surface area contributed by atoms with Crippen molar-refractivity contribution in [2.24, 2.45) is 0 Å². The van der Waals surface area contributed by atoms with Gasteiger partial charge in [0, 0.05) is 31.7 Å². The van der Waals surface area contributed by atoms with Gasteiger partial charge in [0.1, 0.15) is 6.54 Å². The minimum Gasteiger partial charge on any atom is -0.341 e. The molecule has 3 aliphatic rings. The first-order valence-corrected chi connectivity index (χ1v) is 8.22. The van der Waals surface area contributed by atoms with E-state index in [0.717, 1.165) is 35.5 Å². The van der Waals surface area contributed by atoms with Crippen molar-refractivity contribution in [2.45, 2.75) is 43.8 Å². The molecule has 1 N–H and O–H groups in total. The molecule has 130 valence electrons. The average molecular weight is 334 g/mol. The zero-order chi connectivity index (χ0) is 17.4. The molecule has 8 heteroatoms. The molecule has 3 fully saturated rings. The van der Waals surface area contributed by atoms with E-state index in [-0.39, 0.29) is 18.5 Å². The van der Waals surface area contributed by atoms with Gasteiger partial charge >= 0.3 is 17.8 Å². The van der Waals surface area contributed by atoms with Gasteiger partial charge in [-0.2, -0.15) is 0 Å². The first-order chi connectivity index (χ1) is 11.4. The number of hydrogen-bond donors (Lipinski definition) is 1. The van der Waals surface area contributed by atoms with Crippen molar-refractivity contribution in [3.8, 4) is 0 Å². The predicted octanol–water partition coefficient (Wildman–Crippen LogP) is -0.295. The van der Waals surface area contributed by atoms with E-state index in [0.29, 0.717) is 12.1 Å². The Hall–Kier alpha value is -2.22. The summed E-state index contributed by atoms with van der Waals surface area (Å²) in [5.41, 5.74) is 0. The molecule has 0 radical (unpaired) electrons. The molecule has 0 aliphatic carbocycles. The number of likely N-dealkylation sites (N-methyl/N-ethyl adjacent to an activating group) is 1. The van der Waals surface area contributed by atoms with Crippen LogP contribution in [0.4, 0.5) is 4.79 Å². The predicted molar refractivity (Wildman–Crippen MR) is 84.8 cm³/mol. The van der Waals surface area contributed by atoms with Crippen molar-refractivity contribution in [3.63, 3.8) is 0 Å². The number of fused-ring (bicyclic) bond motifs is 2. The second-order valence-corrected chi connectivity index (χ2v) is 6.65. The number of piperidine rings is 1. The van der Waals surface area contributed by atoms with Crippen LogP contribution in [0.25, 0.3) is 0 Å². The Labute approximate surface area is 140 Å². The Morgan fingerprint density at radius 1 is 1.21 bits per heavy atom. The summed E-state index contributed by atoms with van der Waals surface area (Å²) in [5, 5.41) is 3.51. The molecule has 2 unspecified atom stereocenters.